The van der Waals surface area contributed by atoms with Gasteiger partial charge in [0.2, 0.25) is 0 Å². The molecule has 0 saturated carbocycles. The molecule has 0 atom stereocenters. The third-order valence-electron chi connectivity index (χ3n) is 7.01. The number of aliphatic hydroxyl groups is 1. The minimum Gasteiger partial charge on any atom is -0.512 e. The molecule has 5 aromatic carbocycles. The number of rotatable bonds is 4. The van der Waals surface area contributed by atoms with E-state index >= 15 is 0 Å². The van der Waals surface area contributed by atoms with Crippen molar-refractivity contribution in [2.45, 2.75) is 27.2 Å². The van der Waals surface area contributed by atoms with E-state index in [0.717, 1.165) is 16.2 Å². The fraction of sp³-hybridized carbons (Fsp3) is 0.111. The van der Waals surface area contributed by atoms with Crippen molar-refractivity contribution >= 4 is 38.1 Å². The van der Waals surface area contributed by atoms with E-state index in [-0.39, 0.29) is 37.2 Å². The number of alkyl halides is 2. The minimum atomic E-state index is -2.58. The predicted molar refractivity (Wildman–Crippen MR) is 163 cm³/mol. The average molecular weight is 737 g/mol. The van der Waals surface area contributed by atoms with Gasteiger partial charge in [0, 0.05) is 38.1 Å². The second-order valence-corrected chi connectivity index (χ2v) is 9.90. The molecular weight excluding hydrogens is 709 g/mol. The molecule has 1 radical (unpaired) electrons. The summed E-state index contributed by atoms with van der Waals surface area (Å²) < 4.78 is 27.8. The van der Waals surface area contributed by atoms with Crippen LogP contribution >= 0.6 is 0 Å². The number of pyridine rings is 1. The number of aryl methyl sites for hydroxylation is 1. The molecule has 42 heavy (non-hydrogen) atoms. The largest absolute Gasteiger partial charge is 0.512 e. The van der Waals surface area contributed by atoms with Gasteiger partial charge in [-0.1, -0.05) is 83.7 Å². The molecular formula is C36H28F2IrNO2-. The van der Waals surface area contributed by atoms with Crippen LogP contribution in [0.1, 0.15) is 31.4 Å². The van der Waals surface area contributed by atoms with Crippen LogP contribution in [0.2, 0.25) is 0 Å². The van der Waals surface area contributed by atoms with Crippen LogP contribution in [0.5, 0.6) is 0 Å². The van der Waals surface area contributed by atoms with Crippen LogP contribution < -0.4 is 0 Å². The number of hydrogen-bond donors (Lipinski definition) is 1. The molecule has 6 aromatic rings. The zero-order valence-corrected chi connectivity index (χ0v) is 25.7. The van der Waals surface area contributed by atoms with Gasteiger partial charge in [-0.25, -0.2) is 8.78 Å². The van der Waals surface area contributed by atoms with Crippen LogP contribution in [0.25, 0.3) is 54.7 Å². The van der Waals surface area contributed by atoms with Gasteiger partial charge in [0.05, 0.1) is 5.76 Å². The van der Waals surface area contributed by atoms with Crippen molar-refractivity contribution in [3.8, 4) is 22.4 Å². The van der Waals surface area contributed by atoms with Crippen molar-refractivity contribution in [1.82, 2.24) is 4.98 Å². The number of aromatic nitrogens is 1. The fourth-order valence-electron chi connectivity index (χ4n) is 5.23. The molecule has 0 saturated heterocycles. The second-order valence-electron chi connectivity index (χ2n) is 9.90. The monoisotopic (exact) mass is 737 g/mol. The number of carbonyl (C=O) groups is 1. The second kappa shape index (κ2) is 13.2. The minimum absolute atomic E-state index is 0. The van der Waals surface area contributed by atoms with Gasteiger partial charge in [-0.15, -0.1) is 23.6 Å². The number of fused-ring (bicyclic) bond motifs is 4. The van der Waals surface area contributed by atoms with Crippen LogP contribution in [-0.4, -0.2) is 15.9 Å². The van der Waals surface area contributed by atoms with Crippen molar-refractivity contribution < 1.29 is 38.8 Å². The number of halogens is 2. The van der Waals surface area contributed by atoms with E-state index in [1.807, 2.05) is 42.5 Å². The summed E-state index contributed by atoms with van der Waals surface area (Å²) in [6, 6.07) is 32.8. The van der Waals surface area contributed by atoms with Gasteiger partial charge in [0.25, 0.3) is 6.43 Å². The number of hydrogen-bond acceptors (Lipinski definition) is 3. The molecule has 1 heterocycles. The van der Waals surface area contributed by atoms with Gasteiger partial charge in [0.15, 0.2) is 5.78 Å². The third kappa shape index (κ3) is 6.30. The number of carbonyl (C=O) groups excluding carboxylic acids is 1. The molecule has 0 fully saturated rings. The summed E-state index contributed by atoms with van der Waals surface area (Å²) in [4.78, 5) is 14.6. The zero-order chi connectivity index (χ0) is 29.1. The van der Waals surface area contributed by atoms with E-state index in [4.69, 9.17) is 5.11 Å². The van der Waals surface area contributed by atoms with Crippen LogP contribution in [0.15, 0.2) is 109 Å². The summed E-state index contributed by atoms with van der Waals surface area (Å²) in [6.07, 6.45) is 0.343. The molecule has 0 unspecified atom stereocenters. The Hall–Kier alpha value is -4.25. The predicted octanol–water partition coefficient (Wildman–Crippen LogP) is 9.96. The Morgan fingerprint density at radius 3 is 2.14 bits per heavy atom. The quantitative estimate of drug-likeness (QED) is 0.0849. The maximum Gasteiger partial charge on any atom is 0.251 e. The number of ketones is 1. The molecule has 0 aliphatic heterocycles. The van der Waals surface area contributed by atoms with Crippen molar-refractivity contribution in [2.75, 3.05) is 0 Å². The van der Waals surface area contributed by atoms with Gasteiger partial charge in [-0.3, -0.25) is 9.78 Å². The Morgan fingerprint density at radius 2 is 1.48 bits per heavy atom. The molecule has 1 N–H and O–H groups in total. The third-order valence-corrected chi connectivity index (χ3v) is 7.01. The number of aliphatic hydroxyl groups excluding tert-OH is 1. The first-order valence-electron chi connectivity index (χ1n) is 13.2. The summed E-state index contributed by atoms with van der Waals surface area (Å²) in [6.45, 7) is 4.99. The molecule has 0 amide bonds. The number of benzene rings is 5. The van der Waals surface area contributed by atoms with Gasteiger partial charge < -0.3 is 5.11 Å². The molecule has 0 bridgehead atoms. The zero-order valence-electron chi connectivity index (χ0n) is 23.3. The molecule has 3 nitrogen and oxygen atoms in total. The first-order chi connectivity index (χ1) is 19.7. The first-order valence-corrected chi connectivity index (χ1v) is 13.2. The van der Waals surface area contributed by atoms with Crippen molar-refractivity contribution in [1.29, 1.82) is 0 Å². The average Bonchev–Trinajstić information content (AvgIpc) is 2.96. The van der Waals surface area contributed by atoms with Crippen molar-refractivity contribution in [3.63, 3.8) is 0 Å². The molecule has 1 aromatic heterocycles. The maximum atomic E-state index is 13.9. The smallest absolute Gasteiger partial charge is 0.251 e. The Bertz CT molecular complexity index is 1930. The summed E-state index contributed by atoms with van der Waals surface area (Å²) in [5, 5.41) is 13.8. The van der Waals surface area contributed by atoms with Crippen LogP contribution in [0.4, 0.5) is 8.78 Å². The topological polar surface area (TPSA) is 50.2 Å². The van der Waals surface area contributed by atoms with Crippen molar-refractivity contribution in [3.05, 3.63) is 126 Å². The van der Waals surface area contributed by atoms with Crippen LogP contribution in [0.3, 0.4) is 0 Å². The van der Waals surface area contributed by atoms with Gasteiger partial charge in [0.1, 0.15) is 0 Å². The van der Waals surface area contributed by atoms with Gasteiger partial charge in [-0.2, -0.15) is 0 Å². The van der Waals surface area contributed by atoms with E-state index in [1.54, 1.807) is 18.3 Å². The van der Waals surface area contributed by atoms with Crippen LogP contribution in [-0.2, 0) is 24.9 Å². The van der Waals surface area contributed by atoms with E-state index in [1.165, 1.54) is 48.1 Å². The number of allylic oxidation sites excluding steroid dienone is 2. The SMILES string of the molecule is CC(=O)/C=C(/C)O.Cc1c(-c2ccccc2)ccc2c1ccc1c(-c3[c-]c4ccccc4c(C(F)F)c3)nccc12.[Ir]. The molecule has 0 spiro atoms. The molecule has 6 heteroatoms. The van der Waals surface area contributed by atoms with Crippen LogP contribution in [0, 0.1) is 13.0 Å². The van der Waals surface area contributed by atoms with Crippen molar-refractivity contribution in [2.24, 2.45) is 0 Å². The first kappa shape index (κ1) is 30.7. The Balaban J connectivity index is 0.000000454. The normalized spacial score (nSPS) is 11.3. The summed E-state index contributed by atoms with van der Waals surface area (Å²) in [7, 11) is 0. The Kier molecular flexibility index (Phi) is 9.62. The van der Waals surface area contributed by atoms with Gasteiger partial charge in [-0.05, 0) is 70.6 Å². The van der Waals surface area contributed by atoms with E-state index in [0.29, 0.717) is 22.0 Å². The summed E-state index contributed by atoms with van der Waals surface area (Å²) in [5.41, 5.74) is 4.84. The van der Waals surface area contributed by atoms with E-state index < -0.39 is 6.43 Å². The standard InChI is InChI=1S/C31H20F2N.C5H8O2.Ir/c1-19-23(20-7-3-2-4-8-20)11-13-26-24(19)12-14-28-27(26)15-16-34-30(28)22-17-21-9-5-6-10-25(21)29(18-22)31(32)33;1-4(6)3-5(2)7;/h2-16,18,31H,1H3;3,6H,1-2H3;/q-1;;/b;4-3-;. The molecule has 6 rings (SSSR count). The van der Waals surface area contributed by atoms with E-state index in [9.17, 15) is 13.6 Å². The molecule has 0 aliphatic carbocycles. The van der Waals surface area contributed by atoms with E-state index in [2.05, 4.69) is 48.3 Å². The number of nitrogens with zero attached hydrogens (tertiary/aromatic N) is 1. The Labute approximate surface area is 256 Å². The fourth-order valence-corrected chi connectivity index (χ4v) is 5.23. The summed E-state index contributed by atoms with van der Waals surface area (Å²) >= 11 is 0. The summed E-state index contributed by atoms with van der Waals surface area (Å²) in [5.74, 6) is -0.0625. The maximum absolute atomic E-state index is 13.9. The molecule has 0 aliphatic rings. The van der Waals surface area contributed by atoms with Gasteiger partial charge >= 0.3 is 0 Å². The molecule has 213 valence electrons. The Morgan fingerprint density at radius 1 is 0.833 bits per heavy atom.